The molecule has 6 nitrogen and oxygen atoms in total. The monoisotopic (exact) mass is 322 g/mol. The first-order chi connectivity index (χ1) is 10.9. The molecular formula is C17H26N2O4. The largest absolute Gasteiger partial charge is 0.455 e. The first kappa shape index (κ1) is 16.5. The highest BCUT2D eigenvalue weighted by Crippen LogP contribution is 2.43. The molecule has 0 radical (unpaired) electrons. The zero-order valence-electron chi connectivity index (χ0n) is 14.1. The van der Waals surface area contributed by atoms with Crippen LogP contribution >= 0.6 is 0 Å². The molecule has 0 spiro atoms. The SMILES string of the molecule is CO[C@@]12CC[C@@H](O)C[C@@H]1N(Cc1ccc(C(=O)N(C)C)o1)CC2. The summed E-state index contributed by atoms with van der Waals surface area (Å²) in [5.74, 6) is 1.02. The lowest BCUT2D eigenvalue weighted by molar-refractivity contribution is -0.0885. The standard InChI is InChI=1S/C17H26N2O4/c1-18(2)16(21)14-5-4-13(23-14)11-19-9-8-17(22-3)7-6-12(20)10-15(17)19/h4-5,12,15,20H,6-11H2,1-3H3/t12-,15+,17-/m1/s1. The average Bonchev–Trinajstić information content (AvgIpc) is 3.13. The lowest BCUT2D eigenvalue weighted by atomic mass is 9.79. The van der Waals surface area contributed by atoms with Crippen LogP contribution in [0.5, 0.6) is 0 Å². The number of carbonyl (C=O) groups excluding carboxylic acids is 1. The first-order valence-electron chi connectivity index (χ1n) is 8.23. The van der Waals surface area contributed by atoms with E-state index in [0.29, 0.717) is 12.3 Å². The molecular weight excluding hydrogens is 296 g/mol. The van der Waals surface area contributed by atoms with E-state index < -0.39 is 0 Å². The van der Waals surface area contributed by atoms with Crippen LogP contribution in [0.1, 0.15) is 42.0 Å². The molecule has 1 amide bonds. The molecule has 1 aromatic rings. The van der Waals surface area contributed by atoms with Crippen LogP contribution in [0.3, 0.4) is 0 Å². The Morgan fingerprint density at radius 1 is 1.48 bits per heavy atom. The van der Waals surface area contributed by atoms with Crippen molar-refractivity contribution in [3.63, 3.8) is 0 Å². The summed E-state index contributed by atoms with van der Waals surface area (Å²) in [5.41, 5.74) is -0.145. The maximum Gasteiger partial charge on any atom is 0.289 e. The number of amides is 1. The second-order valence-electron chi connectivity index (χ2n) is 6.90. The van der Waals surface area contributed by atoms with Gasteiger partial charge >= 0.3 is 0 Å². The lowest BCUT2D eigenvalue weighted by Gasteiger charge is -2.42. The second kappa shape index (κ2) is 6.26. The second-order valence-corrected chi connectivity index (χ2v) is 6.90. The molecule has 1 aromatic heterocycles. The van der Waals surface area contributed by atoms with Gasteiger partial charge in [-0.1, -0.05) is 0 Å². The van der Waals surface area contributed by atoms with Gasteiger partial charge in [0.05, 0.1) is 18.2 Å². The topological polar surface area (TPSA) is 66.2 Å². The molecule has 1 saturated heterocycles. The van der Waals surface area contributed by atoms with Crippen molar-refractivity contribution >= 4 is 5.91 Å². The van der Waals surface area contributed by atoms with Crippen LogP contribution in [0.2, 0.25) is 0 Å². The molecule has 0 aromatic carbocycles. The highest BCUT2D eigenvalue weighted by atomic mass is 16.5. The van der Waals surface area contributed by atoms with Gasteiger partial charge in [0.25, 0.3) is 5.91 Å². The zero-order valence-corrected chi connectivity index (χ0v) is 14.1. The van der Waals surface area contributed by atoms with Gasteiger partial charge in [0.1, 0.15) is 5.76 Å². The summed E-state index contributed by atoms with van der Waals surface area (Å²) < 4.78 is 11.6. The Labute approximate surface area is 137 Å². The van der Waals surface area contributed by atoms with Crippen molar-refractivity contribution in [3.05, 3.63) is 23.7 Å². The fraction of sp³-hybridized carbons (Fsp3) is 0.706. The van der Waals surface area contributed by atoms with Crippen molar-refractivity contribution in [3.8, 4) is 0 Å². The quantitative estimate of drug-likeness (QED) is 0.910. The van der Waals surface area contributed by atoms with Gasteiger partial charge in [-0.15, -0.1) is 0 Å². The minimum atomic E-state index is -0.258. The Morgan fingerprint density at radius 2 is 2.26 bits per heavy atom. The number of furan rings is 1. The highest BCUT2D eigenvalue weighted by molar-refractivity contribution is 5.91. The van der Waals surface area contributed by atoms with Gasteiger partial charge in [-0.3, -0.25) is 9.69 Å². The maximum absolute atomic E-state index is 11.9. The molecule has 1 saturated carbocycles. The Kier molecular flexibility index (Phi) is 4.49. The summed E-state index contributed by atoms with van der Waals surface area (Å²) in [6.07, 6.45) is 3.16. The number of aliphatic hydroxyl groups excluding tert-OH is 1. The van der Waals surface area contributed by atoms with Gasteiger partial charge in [-0.2, -0.15) is 0 Å². The van der Waals surface area contributed by atoms with Crippen LogP contribution in [0, 0.1) is 0 Å². The van der Waals surface area contributed by atoms with Crippen LogP contribution in [0.15, 0.2) is 16.5 Å². The van der Waals surface area contributed by atoms with E-state index in [-0.39, 0.29) is 23.7 Å². The summed E-state index contributed by atoms with van der Waals surface area (Å²) in [6, 6.07) is 3.80. The summed E-state index contributed by atoms with van der Waals surface area (Å²) in [5, 5.41) is 10.0. The molecule has 6 heteroatoms. The van der Waals surface area contributed by atoms with E-state index in [2.05, 4.69) is 4.90 Å². The minimum Gasteiger partial charge on any atom is -0.455 e. The van der Waals surface area contributed by atoms with Crippen LogP contribution in [-0.2, 0) is 11.3 Å². The van der Waals surface area contributed by atoms with E-state index in [4.69, 9.17) is 9.15 Å². The third-order valence-corrected chi connectivity index (χ3v) is 5.31. The Hall–Kier alpha value is -1.37. The number of hydrogen-bond donors (Lipinski definition) is 1. The lowest BCUT2D eigenvalue weighted by Crippen LogP contribution is -2.51. The summed E-state index contributed by atoms with van der Waals surface area (Å²) in [7, 11) is 5.19. The predicted molar refractivity (Wildman–Crippen MR) is 85.1 cm³/mol. The number of fused-ring (bicyclic) bond motifs is 1. The van der Waals surface area contributed by atoms with E-state index in [9.17, 15) is 9.90 Å². The van der Waals surface area contributed by atoms with Gasteiger partial charge in [0.2, 0.25) is 0 Å². The van der Waals surface area contributed by atoms with E-state index in [1.807, 2.05) is 6.07 Å². The number of aliphatic hydroxyl groups is 1. The number of likely N-dealkylation sites (tertiary alicyclic amines) is 1. The minimum absolute atomic E-state index is 0.128. The number of ether oxygens (including phenoxy) is 1. The van der Waals surface area contributed by atoms with Crippen molar-refractivity contribution in [1.29, 1.82) is 0 Å². The number of rotatable bonds is 4. The molecule has 0 bridgehead atoms. The molecule has 2 fully saturated rings. The van der Waals surface area contributed by atoms with Gasteiger partial charge in [-0.05, 0) is 37.8 Å². The molecule has 3 atom stereocenters. The van der Waals surface area contributed by atoms with Crippen molar-refractivity contribution < 1.29 is 19.1 Å². The van der Waals surface area contributed by atoms with Crippen LogP contribution in [-0.4, -0.2) is 66.3 Å². The smallest absolute Gasteiger partial charge is 0.289 e. The number of carbonyl (C=O) groups is 1. The van der Waals surface area contributed by atoms with Crippen LogP contribution < -0.4 is 0 Å². The van der Waals surface area contributed by atoms with Crippen molar-refractivity contribution in [2.24, 2.45) is 0 Å². The van der Waals surface area contributed by atoms with Crippen molar-refractivity contribution in [2.75, 3.05) is 27.7 Å². The van der Waals surface area contributed by atoms with E-state index in [1.165, 1.54) is 4.90 Å². The number of hydrogen-bond acceptors (Lipinski definition) is 5. The third kappa shape index (κ3) is 3.03. The van der Waals surface area contributed by atoms with E-state index in [0.717, 1.165) is 38.0 Å². The fourth-order valence-electron chi connectivity index (χ4n) is 3.96. The molecule has 1 N–H and O–H groups in total. The Balaban J connectivity index is 1.72. The summed E-state index contributed by atoms with van der Waals surface area (Å²) in [4.78, 5) is 15.7. The molecule has 1 aliphatic heterocycles. The predicted octanol–water partition coefficient (Wildman–Crippen LogP) is 1.49. The van der Waals surface area contributed by atoms with Gasteiger partial charge in [-0.25, -0.2) is 0 Å². The van der Waals surface area contributed by atoms with Gasteiger partial charge in [0, 0.05) is 33.8 Å². The Morgan fingerprint density at radius 3 is 2.96 bits per heavy atom. The van der Waals surface area contributed by atoms with E-state index in [1.54, 1.807) is 27.3 Å². The summed E-state index contributed by atoms with van der Waals surface area (Å²) in [6.45, 7) is 1.56. The van der Waals surface area contributed by atoms with Crippen molar-refractivity contribution in [2.45, 2.75) is 50.0 Å². The summed E-state index contributed by atoms with van der Waals surface area (Å²) >= 11 is 0. The average molecular weight is 322 g/mol. The fourth-order valence-corrected chi connectivity index (χ4v) is 3.96. The maximum atomic E-state index is 11.9. The first-order valence-corrected chi connectivity index (χ1v) is 8.23. The molecule has 1 aliphatic carbocycles. The van der Waals surface area contributed by atoms with Crippen molar-refractivity contribution in [1.82, 2.24) is 9.80 Å². The molecule has 3 rings (SSSR count). The molecule has 0 unspecified atom stereocenters. The normalized spacial score (nSPS) is 31.1. The highest BCUT2D eigenvalue weighted by Gasteiger charge is 2.50. The number of nitrogens with zero attached hydrogens (tertiary/aromatic N) is 2. The zero-order chi connectivity index (χ0) is 16.6. The number of methoxy groups -OCH3 is 1. The van der Waals surface area contributed by atoms with Gasteiger partial charge in [0.15, 0.2) is 5.76 Å². The van der Waals surface area contributed by atoms with Crippen LogP contribution in [0.4, 0.5) is 0 Å². The molecule has 23 heavy (non-hydrogen) atoms. The molecule has 2 heterocycles. The van der Waals surface area contributed by atoms with Crippen LogP contribution in [0.25, 0.3) is 0 Å². The van der Waals surface area contributed by atoms with E-state index >= 15 is 0 Å². The molecule has 128 valence electrons. The Bertz CT molecular complexity index is 571. The third-order valence-electron chi connectivity index (χ3n) is 5.31. The molecule has 2 aliphatic rings. The van der Waals surface area contributed by atoms with Gasteiger partial charge < -0.3 is 19.2 Å².